The highest BCUT2D eigenvalue weighted by Crippen LogP contribution is 2.17. The minimum Gasteiger partial charge on any atom is -0.369 e. The Morgan fingerprint density at radius 3 is 2.60 bits per heavy atom. The summed E-state index contributed by atoms with van der Waals surface area (Å²) in [6.45, 7) is 4.35. The molecule has 0 saturated carbocycles. The standard InChI is InChI=1S/C13H15N2/c1-3-12-5-4-6-13(11-12)15-9-7-14(2)8-10-15/h4-6,11H,7-10H2,2H3. The lowest BCUT2D eigenvalue weighted by atomic mass is 10.2. The Hall–Kier alpha value is -1.46. The summed E-state index contributed by atoms with van der Waals surface area (Å²) in [5.74, 6) is 2.43. The van der Waals surface area contributed by atoms with E-state index in [1.807, 2.05) is 18.2 Å². The van der Waals surface area contributed by atoms with Crippen molar-refractivity contribution in [2.24, 2.45) is 0 Å². The van der Waals surface area contributed by atoms with Crippen LogP contribution in [0.1, 0.15) is 5.56 Å². The highest BCUT2D eigenvalue weighted by atomic mass is 15.2. The van der Waals surface area contributed by atoms with Crippen LogP contribution in [0.15, 0.2) is 24.3 Å². The van der Waals surface area contributed by atoms with Crippen molar-refractivity contribution in [2.45, 2.75) is 0 Å². The Labute approximate surface area is 91.5 Å². The van der Waals surface area contributed by atoms with Gasteiger partial charge in [0.05, 0.1) is 0 Å². The van der Waals surface area contributed by atoms with Crippen molar-refractivity contribution < 1.29 is 0 Å². The number of benzene rings is 1. The number of piperazine rings is 1. The van der Waals surface area contributed by atoms with E-state index in [-0.39, 0.29) is 0 Å². The van der Waals surface area contributed by atoms with Gasteiger partial charge in [-0.2, -0.15) is 0 Å². The molecule has 0 aliphatic carbocycles. The second-order valence-corrected chi connectivity index (χ2v) is 3.97. The summed E-state index contributed by atoms with van der Waals surface area (Å²) in [4.78, 5) is 4.70. The van der Waals surface area contributed by atoms with E-state index in [4.69, 9.17) is 6.42 Å². The molecule has 0 bridgehead atoms. The van der Waals surface area contributed by atoms with Crippen molar-refractivity contribution in [3.05, 3.63) is 36.3 Å². The first kappa shape index (κ1) is 10.1. The van der Waals surface area contributed by atoms with Gasteiger partial charge < -0.3 is 9.80 Å². The fourth-order valence-corrected chi connectivity index (χ4v) is 1.85. The van der Waals surface area contributed by atoms with Gasteiger partial charge in [-0.15, -0.1) is 0 Å². The second-order valence-electron chi connectivity index (χ2n) is 3.97. The molecule has 1 aliphatic heterocycles. The molecular weight excluding hydrogens is 184 g/mol. The summed E-state index contributed by atoms with van der Waals surface area (Å²) in [5.41, 5.74) is 2.06. The van der Waals surface area contributed by atoms with Crippen LogP contribution in [0.4, 0.5) is 5.69 Å². The predicted octanol–water partition coefficient (Wildman–Crippen LogP) is 1.38. The van der Waals surface area contributed by atoms with Crippen molar-refractivity contribution in [1.29, 1.82) is 0 Å². The Kier molecular flexibility index (Phi) is 2.94. The fourth-order valence-electron chi connectivity index (χ4n) is 1.85. The minimum atomic E-state index is 0.853. The molecule has 2 heteroatoms. The maximum atomic E-state index is 7.11. The molecule has 1 aromatic carbocycles. The maximum Gasteiger partial charge on any atom is 0.0379 e. The molecular formula is C13H15N2. The maximum absolute atomic E-state index is 7.11. The molecule has 2 rings (SSSR count). The zero-order chi connectivity index (χ0) is 10.7. The SMILES string of the molecule is [C]#Cc1cccc(N2CCN(C)CC2)c1. The van der Waals surface area contributed by atoms with Gasteiger partial charge in [0.1, 0.15) is 0 Å². The van der Waals surface area contributed by atoms with Gasteiger partial charge in [0.25, 0.3) is 0 Å². The molecule has 2 nitrogen and oxygen atoms in total. The molecule has 0 amide bonds. The average Bonchev–Trinajstić information content (AvgIpc) is 2.30. The highest BCUT2D eigenvalue weighted by molar-refractivity contribution is 5.52. The lowest BCUT2D eigenvalue weighted by Crippen LogP contribution is -2.44. The van der Waals surface area contributed by atoms with Crippen molar-refractivity contribution in [3.8, 4) is 5.92 Å². The predicted molar refractivity (Wildman–Crippen MR) is 62.4 cm³/mol. The van der Waals surface area contributed by atoms with Crippen LogP contribution in [0.5, 0.6) is 0 Å². The van der Waals surface area contributed by atoms with Crippen molar-refractivity contribution >= 4 is 5.69 Å². The molecule has 15 heavy (non-hydrogen) atoms. The van der Waals surface area contributed by atoms with Gasteiger partial charge in [0.15, 0.2) is 0 Å². The zero-order valence-corrected chi connectivity index (χ0v) is 9.03. The van der Waals surface area contributed by atoms with Crippen molar-refractivity contribution in [3.63, 3.8) is 0 Å². The number of hydrogen-bond donors (Lipinski definition) is 0. The van der Waals surface area contributed by atoms with Crippen LogP contribution >= 0.6 is 0 Å². The van der Waals surface area contributed by atoms with Gasteiger partial charge in [-0.05, 0) is 31.7 Å². The quantitative estimate of drug-likeness (QED) is 0.630. The van der Waals surface area contributed by atoms with E-state index < -0.39 is 0 Å². The first-order valence-corrected chi connectivity index (χ1v) is 5.26. The summed E-state index contributed by atoms with van der Waals surface area (Å²) in [5, 5.41) is 0. The van der Waals surface area contributed by atoms with Crippen LogP contribution < -0.4 is 4.90 Å². The third-order valence-electron chi connectivity index (χ3n) is 2.86. The van der Waals surface area contributed by atoms with Crippen LogP contribution in [0.2, 0.25) is 0 Å². The van der Waals surface area contributed by atoms with E-state index in [9.17, 15) is 0 Å². The number of rotatable bonds is 1. The number of likely N-dealkylation sites (N-methyl/N-ethyl adjacent to an activating group) is 1. The summed E-state index contributed by atoms with van der Waals surface area (Å²) in [6, 6.07) is 8.03. The van der Waals surface area contributed by atoms with Crippen molar-refractivity contribution in [1.82, 2.24) is 4.90 Å². The molecule has 0 spiro atoms. The summed E-state index contributed by atoms with van der Waals surface area (Å²) >= 11 is 0. The van der Waals surface area contributed by atoms with E-state index in [0.29, 0.717) is 0 Å². The number of nitrogens with zero attached hydrogens (tertiary/aromatic N) is 2. The average molecular weight is 199 g/mol. The normalized spacial score (nSPS) is 17.5. The largest absolute Gasteiger partial charge is 0.369 e. The van der Waals surface area contributed by atoms with Crippen molar-refractivity contribution in [2.75, 3.05) is 38.1 Å². The van der Waals surface area contributed by atoms with Gasteiger partial charge in [-0.1, -0.05) is 12.0 Å². The Morgan fingerprint density at radius 2 is 1.93 bits per heavy atom. The third-order valence-corrected chi connectivity index (χ3v) is 2.86. The molecule has 0 aromatic heterocycles. The molecule has 1 saturated heterocycles. The number of anilines is 1. The Balaban J connectivity index is 2.12. The highest BCUT2D eigenvalue weighted by Gasteiger charge is 2.13. The summed E-state index contributed by atoms with van der Waals surface area (Å²) in [6.07, 6.45) is 7.11. The third kappa shape index (κ3) is 2.31. The zero-order valence-electron chi connectivity index (χ0n) is 9.03. The molecule has 0 unspecified atom stereocenters. The molecule has 77 valence electrons. The van der Waals surface area contributed by atoms with E-state index in [1.54, 1.807) is 0 Å². The Morgan fingerprint density at radius 1 is 1.20 bits per heavy atom. The Bertz CT molecular complexity index is 370. The topological polar surface area (TPSA) is 6.48 Å². The van der Waals surface area contributed by atoms with Gasteiger partial charge in [-0.25, -0.2) is 0 Å². The van der Waals surface area contributed by atoms with E-state index >= 15 is 0 Å². The molecule has 1 heterocycles. The summed E-state index contributed by atoms with van der Waals surface area (Å²) < 4.78 is 0. The minimum absolute atomic E-state index is 0.853. The van der Waals surface area contributed by atoms with Crippen LogP contribution in [0, 0.1) is 12.3 Å². The van der Waals surface area contributed by atoms with Gasteiger partial charge in [0.2, 0.25) is 0 Å². The van der Waals surface area contributed by atoms with Gasteiger partial charge in [0, 0.05) is 37.4 Å². The number of hydrogen-bond acceptors (Lipinski definition) is 2. The van der Waals surface area contributed by atoms with E-state index in [0.717, 1.165) is 31.7 Å². The van der Waals surface area contributed by atoms with Crippen LogP contribution in [0.25, 0.3) is 0 Å². The molecule has 1 aliphatic rings. The first-order chi connectivity index (χ1) is 7.29. The molecule has 0 N–H and O–H groups in total. The monoisotopic (exact) mass is 199 g/mol. The molecule has 1 radical (unpaired) electrons. The second kappa shape index (κ2) is 4.37. The molecule has 1 fully saturated rings. The molecule has 1 aromatic rings. The summed E-state index contributed by atoms with van der Waals surface area (Å²) in [7, 11) is 2.15. The van der Waals surface area contributed by atoms with E-state index in [2.05, 4.69) is 28.8 Å². The smallest absolute Gasteiger partial charge is 0.0379 e. The fraction of sp³-hybridized carbons (Fsp3) is 0.385. The van der Waals surface area contributed by atoms with Crippen LogP contribution in [0.3, 0.4) is 0 Å². The lowest BCUT2D eigenvalue weighted by Gasteiger charge is -2.34. The van der Waals surface area contributed by atoms with Crippen LogP contribution in [-0.2, 0) is 0 Å². The lowest BCUT2D eigenvalue weighted by molar-refractivity contribution is 0.313. The van der Waals surface area contributed by atoms with E-state index in [1.165, 1.54) is 5.69 Å². The molecule has 0 atom stereocenters. The first-order valence-electron chi connectivity index (χ1n) is 5.26. The van der Waals surface area contributed by atoms with Crippen LogP contribution in [-0.4, -0.2) is 38.1 Å². The van der Waals surface area contributed by atoms with Gasteiger partial charge in [-0.3, -0.25) is 0 Å². The van der Waals surface area contributed by atoms with Gasteiger partial charge >= 0.3 is 0 Å².